The second-order valence-corrected chi connectivity index (χ2v) is 0.707. The molecule has 20 valence electrons. The van der Waals surface area contributed by atoms with Crippen LogP contribution in [0.1, 0.15) is 1.43 Å². The zero-order chi connectivity index (χ0) is 2.71. The van der Waals surface area contributed by atoms with Crippen LogP contribution in [-0.2, 0) is 4.46 Å². The zero-order valence-corrected chi connectivity index (χ0v) is 7.26. The molecule has 0 saturated heterocycles. The fourth-order valence-electron chi connectivity index (χ4n) is 0. The Hall–Kier alpha value is 1.65. The molecule has 0 unspecified atom stereocenters. The molecule has 4 heavy (non-hydrogen) atoms. The van der Waals surface area contributed by atoms with Crippen LogP contribution < -0.4 is 51.4 Å². The molecule has 0 amide bonds. The summed E-state index contributed by atoms with van der Waals surface area (Å²) in [5.41, 5.74) is 0. The molecule has 0 aromatic carbocycles. The molecule has 3 heteroatoms. The van der Waals surface area contributed by atoms with E-state index in [0.29, 0.717) is 0 Å². The minimum atomic E-state index is -0.500. The summed E-state index contributed by atoms with van der Waals surface area (Å²) in [6, 6.07) is 0. The molecule has 0 bridgehead atoms. The van der Waals surface area contributed by atoms with Gasteiger partial charge in [-0.15, -0.1) is 0 Å². The molecule has 0 fully saturated rings. The molecule has 0 heterocycles. The smallest absolute Gasteiger partial charge is 1.00 e. The maximum atomic E-state index is 9.01. The van der Waals surface area contributed by atoms with Crippen molar-refractivity contribution < 1.29 is 57.3 Å². The van der Waals surface area contributed by atoms with Gasteiger partial charge in [0.05, 0.1) is 0 Å². The first-order valence-electron chi connectivity index (χ1n) is 0.813. The second-order valence-electron chi connectivity index (χ2n) is 0.236. The van der Waals surface area contributed by atoms with Gasteiger partial charge in [-0.3, -0.25) is 0 Å². The van der Waals surface area contributed by atoms with Crippen molar-refractivity contribution in [3.05, 3.63) is 0 Å². The summed E-state index contributed by atoms with van der Waals surface area (Å²) in [6.45, 7) is 1.65. The third kappa shape index (κ3) is 9.41. The monoisotopic (exact) mass is 100.0 g/mol. The van der Waals surface area contributed by atoms with E-state index in [0.717, 1.165) is 0 Å². The van der Waals surface area contributed by atoms with Gasteiger partial charge in [-0.2, -0.15) is 0 Å². The van der Waals surface area contributed by atoms with Crippen molar-refractivity contribution in [1.82, 2.24) is 0 Å². The Kier molecular flexibility index (Phi) is 20.2. The third-order valence-electron chi connectivity index (χ3n) is 0. The zero-order valence-electron chi connectivity index (χ0n) is 3.99. The first-order chi connectivity index (χ1) is 1.41. The van der Waals surface area contributed by atoms with Crippen LogP contribution in [0.2, 0.25) is 6.55 Å². The van der Waals surface area contributed by atoms with Crippen LogP contribution in [0, 0.1) is 0 Å². The quantitative estimate of drug-likeness (QED) is 0.295. The van der Waals surface area contributed by atoms with Gasteiger partial charge in [-0.05, 0) is 6.55 Å². The normalized spacial score (nSPS) is 3.25. The largest absolute Gasteiger partial charge is 1.00 e. The summed E-state index contributed by atoms with van der Waals surface area (Å²) >= 11 is 0. The van der Waals surface area contributed by atoms with E-state index in [2.05, 4.69) is 0 Å². The van der Waals surface area contributed by atoms with E-state index in [9.17, 15) is 0 Å². The summed E-state index contributed by atoms with van der Waals surface area (Å²) in [5.74, 6) is 0. The molecule has 1 nitrogen and oxygen atoms in total. The Morgan fingerprint density at radius 3 is 2.00 bits per heavy atom. The SMILES string of the molecule is C[SiH]=O.[H-].[K+]. The van der Waals surface area contributed by atoms with E-state index >= 15 is 0 Å². The van der Waals surface area contributed by atoms with E-state index in [-0.39, 0.29) is 52.8 Å². The molecule has 0 radical (unpaired) electrons. The predicted molar refractivity (Wildman–Crippen MR) is 14.8 cm³/mol. The van der Waals surface area contributed by atoms with Crippen LogP contribution >= 0.6 is 0 Å². The average Bonchev–Trinajstić information content (AvgIpc) is 0.918. The summed E-state index contributed by atoms with van der Waals surface area (Å²) in [5, 5.41) is 0. The van der Waals surface area contributed by atoms with E-state index < -0.39 is 9.41 Å². The van der Waals surface area contributed by atoms with Crippen molar-refractivity contribution in [2.75, 3.05) is 0 Å². The van der Waals surface area contributed by atoms with Gasteiger partial charge < -0.3 is 5.89 Å². The van der Waals surface area contributed by atoms with Gasteiger partial charge in [0, 0.05) is 0 Å². The second kappa shape index (κ2) is 8.82. The van der Waals surface area contributed by atoms with Crippen LogP contribution in [0.5, 0.6) is 0 Å². The first kappa shape index (κ1) is 9.17. The summed E-state index contributed by atoms with van der Waals surface area (Å²) in [6.07, 6.45) is 0. The standard InChI is InChI=1S/CH4OSi.K.H/c1-3-2;;/h3H,1H3;;/q;+1;-1. The van der Waals surface area contributed by atoms with Crippen molar-refractivity contribution in [3.8, 4) is 0 Å². The fourth-order valence-corrected chi connectivity index (χ4v) is 0. The third-order valence-corrected chi connectivity index (χ3v) is 0. The molecule has 0 rings (SSSR count). The van der Waals surface area contributed by atoms with E-state index in [4.69, 9.17) is 4.46 Å². The molecule has 0 aliphatic heterocycles. The van der Waals surface area contributed by atoms with Crippen molar-refractivity contribution in [2.24, 2.45) is 0 Å². The summed E-state index contributed by atoms with van der Waals surface area (Å²) < 4.78 is 9.01. The minimum absolute atomic E-state index is 0. The average molecular weight is 100 g/mol. The molecule has 0 aromatic heterocycles. The van der Waals surface area contributed by atoms with Gasteiger partial charge in [-0.25, -0.2) is 0 Å². The predicted octanol–water partition coefficient (Wildman–Crippen LogP) is -3.07. The van der Waals surface area contributed by atoms with Crippen molar-refractivity contribution in [3.63, 3.8) is 0 Å². The first-order valence-corrected chi connectivity index (χ1v) is 2.44. The van der Waals surface area contributed by atoms with Crippen LogP contribution in [0.25, 0.3) is 0 Å². The molecule has 0 spiro atoms. The Bertz CT molecular complexity index is 19.1. The molecule has 0 aliphatic carbocycles. The Morgan fingerprint density at radius 1 is 2.00 bits per heavy atom. The van der Waals surface area contributed by atoms with Crippen LogP contribution in [-0.4, -0.2) is 9.41 Å². The van der Waals surface area contributed by atoms with Gasteiger partial charge in [0.25, 0.3) is 9.41 Å². The van der Waals surface area contributed by atoms with E-state index in [1.807, 2.05) is 0 Å². The number of hydrogen-bond donors (Lipinski definition) is 0. The van der Waals surface area contributed by atoms with Crippen molar-refractivity contribution >= 4 is 9.41 Å². The van der Waals surface area contributed by atoms with Gasteiger partial charge in [0.2, 0.25) is 0 Å². The van der Waals surface area contributed by atoms with Crippen LogP contribution in [0.4, 0.5) is 0 Å². The fraction of sp³-hybridized carbons (Fsp3) is 1.00. The van der Waals surface area contributed by atoms with Crippen LogP contribution in [0.15, 0.2) is 0 Å². The molecule has 0 N–H and O–H groups in total. The van der Waals surface area contributed by atoms with Crippen molar-refractivity contribution in [1.29, 1.82) is 0 Å². The summed E-state index contributed by atoms with van der Waals surface area (Å²) in [4.78, 5) is 0. The summed E-state index contributed by atoms with van der Waals surface area (Å²) in [7, 11) is -0.500. The molecule has 0 atom stereocenters. The van der Waals surface area contributed by atoms with Gasteiger partial charge in [-0.1, -0.05) is 0 Å². The van der Waals surface area contributed by atoms with Crippen molar-refractivity contribution in [2.45, 2.75) is 6.55 Å². The van der Waals surface area contributed by atoms with E-state index in [1.165, 1.54) is 0 Å². The van der Waals surface area contributed by atoms with Gasteiger partial charge in [0.1, 0.15) is 0 Å². The topological polar surface area (TPSA) is 17.1 Å². The van der Waals surface area contributed by atoms with Crippen LogP contribution in [0.3, 0.4) is 0 Å². The number of hydrogen-bond acceptors (Lipinski definition) is 1. The maximum absolute atomic E-state index is 9.01. The van der Waals surface area contributed by atoms with Gasteiger partial charge in [0.15, 0.2) is 0 Å². The number of rotatable bonds is 0. The molecular formula is CH5KOSi. The maximum Gasteiger partial charge on any atom is 1.00 e. The molecule has 0 aliphatic rings. The van der Waals surface area contributed by atoms with Gasteiger partial charge >= 0.3 is 51.4 Å². The Morgan fingerprint density at radius 2 is 2.00 bits per heavy atom. The molecule has 0 aromatic rings. The Balaban J connectivity index is -0.0000000200. The minimum Gasteiger partial charge on any atom is -1.00 e. The van der Waals surface area contributed by atoms with E-state index in [1.54, 1.807) is 6.55 Å². The molecular weight excluding hydrogens is 95.2 g/mol. The Labute approximate surface area is 71.9 Å². The molecule has 0 saturated carbocycles.